The van der Waals surface area contributed by atoms with Crippen LogP contribution in [0.4, 0.5) is 9.59 Å². The molecule has 13 nitrogen and oxygen atoms in total. The van der Waals surface area contributed by atoms with Crippen LogP contribution < -0.4 is 24.8 Å². The number of sulfonamides is 1. The van der Waals surface area contributed by atoms with Crippen LogP contribution in [0.1, 0.15) is 78.1 Å². The number of nitrogens with one attached hydrogen (secondary N) is 3. The molecule has 2 heterocycles. The van der Waals surface area contributed by atoms with Crippen molar-refractivity contribution in [2.45, 2.75) is 94.7 Å². The van der Waals surface area contributed by atoms with Gasteiger partial charge in [-0.05, 0) is 73.8 Å². The Hall–Kier alpha value is -3.75. The number of fused-ring (bicyclic) bond motifs is 1. The summed E-state index contributed by atoms with van der Waals surface area (Å²) >= 11 is 0. The second-order valence-electron chi connectivity index (χ2n) is 13.6. The molecule has 0 radical (unpaired) electrons. The van der Waals surface area contributed by atoms with Crippen molar-refractivity contribution in [3.05, 3.63) is 42.9 Å². The summed E-state index contributed by atoms with van der Waals surface area (Å²) in [6.45, 7) is 4.63. The minimum atomic E-state index is -4.27. The summed E-state index contributed by atoms with van der Waals surface area (Å²) in [7, 11) is 0.577. The number of methoxy groups -OCH3 is 1. The zero-order chi connectivity index (χ0) is 35.0. The van der Waals surface area contributed by atoms with Crippen LogP contribution >= 0.6 is 0 Å². The number of ether oxygens (including phenoxy) is 2. The van der Waals surface area contributed by atoms with Crippen LogP contribution in [0.3, 0.4) is 0 Å². The Morgan fingerprint density at radius 2 is 1.77 bits per heavy atom. The molecule has 4 N–H and O–H groups in total. The van der Waals surface area contributed by atoms with Gasteiger partial charge in [-0.25, -0.2) is 18.0 Å². The predicted molar refractivity (Wildman–Crippen MR) is 180 cm³/mol. The van der Waals surface area contributed by atoms with Crippen LogP contribution in [0.25, 0.3) is 11.2 Å². The highest BCUT2D eigenvalue weighted by molar-refractivity contribution is 7.89. The van der Waals surface area contributed by atoms with E-state index in [0.717, 1.165) is 44.9 Å². The number of aliphatic hydroxyl groups excluding tert-OH is 1. The van der Waals surface area contributed by atoms with Crippen molar-refractivity contribution in [3.8, 4) is 11.5 Å². The average Bonchev–Trinajstić information content (AvgIpc) is 3.67. The van der Waals surface area contributed by atoms with Gasteiger partial charge in [0.05, 0.1) is 24.4 Å². The predicted octanol–water partition coefficient (Wildman–Crippen LogP) is 5.99. The van der Waals surface area contributed by atoms with Crippen LogP contribution in [-0.2, 0) is 10.0 Å². The maximum atomic E-state index is 14.0. The Bertz CT molecular complexity index is 1590. The molecule has 2 aromatic heterocycles. The number of carbonyl (C=O) groups excluding carboxylic acids is 2. The van der Waals surface area contributed by atoms with Gasteiger partial charge < -0.3 is 33.6 Å². The lowest BCUT2D eigenvalue weighted by Crippen LogP contribution is -2.68. The molecule has 1 aromatic carbocycles. The first kappa shape index (κ1) is 37.1. The van der Waals surface area contributed by atoms with E-state index in [1.807, 2.05) is 0 Å². The van der Waals surface area contributed by atoms with Crippen molar-refractivity contribution in [2.75, 3.05) is 27.7 Å². The summed E-state index contributed by atoms with van der Waals surface area (Å²) < 4.78 is 52.1. The molecule has 0 unspecified atom stereocenters. The molecular formula is C34H50N4O9S. The van der Waals surface area contributed by atoms with Crippen molar-refractivity contribution < 1.29 is 41.4 Å². The lowest BCUT2D eigenvalue weighted by Gasteiger charge is -2.42. The number of urea groups is 1. The molecule has 0 spiro atoms. The van der Waals surface area contributed by atoms with Crippen LogP contribution in [0.15, 0.2) is 56.6 Å². The highest BCUT2D eigenvalue weighted by Gasteiger charge is 2.46. The van der Waals surface area contributed by atoms with Crippen LogP contribution in [0.2, 0.25) is 0 Å². The van der Waals surface area contributed by atoms with Gasteiger partial charge in [0.2, 0.25) is 10.0 Å². The summed E-state index contributed by atoms with van der Waals surface area (Å²) in [5.74, 6) is 0.793. The number of furan rings is 2. The number of rotatable bonds is 16. The molecule has 0 aliphatic heterocycles. The van der Waals surface area contributed by atoms with Gasteiger partial charge >= 0.3 is 17.9 Å². The molecule has 0 saturated heterocycles. The topological polar surface area (TPSA) is 173 Å². The lowest BCUT2D eigenvalue weighted by molar-refractivity contribution is 0.0178. The molecule has 14 heteroatoms. The van der Waals surface area contributed by atoms with E-state index >= 15 is 0 Å². The van der Waals surface area contributed by atoms with Crippen LogP contribution in [-0.4, -0.2) is 70.1 Å². The van der Waals surface area contributed by atoms with Gasteiger partial charge in [-0.3, -0.25) is 5.32 Å². The third kappa shape index (κ3) is 9.89. The normalized spacial score (nSPS) is 16.2. The van der Waals surface area contributed by atoms with Gasteiger partial charge in [-0.15, -0.1) is 0 Å². The van der Waals surface area contributed by atoms with Crippen molar-refractivity contribution >= 4 is 33.3 Å². The minimum Gasteiger partial charge on any atom is -0.497 e. The fourth-order valence-corrected chi connectivity index (χ4v) is 7.61. The molecule has 1 aliphatic carbocycles. The summed E-state index contributed by atoms with van der Waals surface area (Å²) in [4.78, 5) is 27.0. The van der Waals surface area contributed by atoms with E-state index in [1.165, 1.54) is 48.8 Å². The fraction of sp³-hybridized carbons (Fsp3) is 0.588. The molecule has 1 saturated carbocycles. The molecule has 0 bridgehead atoms. The molecule has 4 rings (SSSR count). The van der Waals surface area contributed by atoms with E-state index in [1.54, 1.807) is 20.2 Å². The quantitative estimate of drug-likeness (QED) is 0.104. The average molecular weight is 691 g/mol. The van der Waals surface area contributed by atoms with E-state index in [4.69, 9.17) is 18.3 Å². The monoisotopic (exact) mass is 690 g/mol. The molecule has 2 atom stereocenters. The maximum Gasteiger partial charge on any atom is 0.414 e. The Balaban J connectivity index is 1.61. The van der Waals surface area contributed by atoms with Crippen molar-refractivity contribution in [2.24, 2.45) is 11.3 Å². The Morgan fingerprint density at radius 3 is 2.44 bits per heavy atom. The first-order valence-electron chi connectivity index (χ1n) is 16.5. The summed E-state index contributed by atoms with van der Waals surface area (Å²) in [6, 6.07) is 7.32. The molecule has 3 aromatic rings. The number of nitrogens with zero attached hydrogens (tertiary/aromatic N) is 1. The third-order valence-electron chi connectivity index (χ3n) is 9.09. The second kappa shape index (κ2) is 16.1. The molecule has 1 fully saturated rings. The van der Waals surface area contributed by atoms with Gasteiger partial charge in [0, 0.05) is 20.6 Å². The Morgan fingerprint density at radius 1 is 1.06 bits per heavy atom. The summed E-state index contributed by atoms with van der Waals surface area (Å²) in [5, 5.41) is 18.1. The van der Waals surface area contributed by atoms with Crippen molar-refractivity contribution in [3.63, 3.8) is 0 Å². The fourth-order valence-electron chi connectivity index (χ4n) is 6.25. The number of hydrogen-bond donors (Lipinski definition) is 4. The van der Waals surface area contributed by atoms with E-state index in [2.05, 4.69) is 29.2 Å². The van der Waals surface area contributed by atoms with Gasteiger partial charge in [-0.1, -0.05) is 46.0 Å². The summed E-state index contributed by atoms with van der Waals surface area (Å²) in [6.07, 6.45) is 7.33. The van der Waals surface area contributed by atoms with Gasteiger partial charge in [0.25, 0.3) is 0 Å². The van der Waals surface area contributed by atoms with E-state index in [0.29, 0.717) is 24.1 Å². The lowest BCUT2D eigenvalue weighted by atomic mass is 9.77. The number of benzene rings is 1. The minimum absolute atomic E-state index is 0.0371. The first-order chi connectivity index (χ1) is 22.7. The first-order valence-corrected chi connectivity index (χ1v) is 18.0. The molecule has 48 heavy (non-hydrogen) atoms. The SMILES string of the molecule is COc1ccc(S(=O)(=O)N[C@](CC2CCCCC2)(NC(=O)Oc2coc3occc23)[C@H](O)CCC(C)(C)CCCNC(=O)N(C)C)cc1. The molecule has 1 aliphatic rings. The number of amides is 3. The molecule has 266 valence electrons. The second-order valence-corrected chi connectivity index (χ2v) is 15.3. The molecule has 3 amide bonds. The number of hydrogen-bond acceptors (Lipinski definition) is 9. The summed E-state index contributed by atoms with van der Waals surface area (Å²) in [5.41, 5.74) is -2.08. The smallest absolute Gasteiger partial charge is 0.414 e. The highest BCUT2D eigenvalue weighted by Crippen LogP contribution is 2.36. The zero-order valence-electron chi connectivity index (χ0n) is 28.5. The van der Waals surface area contributed by atoms with Gasteiger partial charge in [0.15, 0.2) is 5.75 Å². The highest BCUT2D eigenvalue weighted by atomic mass is 32.2. The van der Waals surface area contributed by atoms with Crippen molar-refractivity contribution in [1.29, 1.82) is 0 Å². The zero-order valence-corrected chi connectivity index (χ0v) is 29.4. The Labute approximate surface area is 282 Å². The standard InChI is InChI=1S/C34H50N4O9S/c1-33(2,18-9-20-35-31(40)38(3)4)19-16-29(39)34(22-24-10-7-6-8-11-24,37-48(42,43)26-14-12-25(44-5)13-15-26)36-32(41)47-28-23-46-30-27(28)17-21-45-30/h12-15,17,21,23-24,29,37,39H,6-11,16,18-20,22H2,1-5H3,(H,35,40)(H,36,41)/t29-,34+/m1/s1. The van der Waals surface area contributed by atoms with E-state index in [-0.39, 0.29) is 46.6 Å². The third-order valence-corrected chi connectivity index (χ3v) is 10.6. The van der Waals surface area contributed by atoms with Gasteiger partial charge in [0.1, 0.15) is 23.1 Å². The van der Waals surface area contributed by atoms with E-state index in [9.17, 15) is 23.1 Å². The maximum absolute atomic E-state index is 14.0. The Kier molecular flexibility index (Phi) is 12.4. The molecular weight excluding hydrogens is 640 g/mol. The van der Waals surface area contributed by atoms with E-state index < -0.39 is 27.9 Å². The number of aliphatic hydroxyl groups is 1. The van der Waals surface area contributed by atoms with Crippen LogP contribution in [0.5, 0.6) is 11.5 Å². The largest absolute Gasteiger partial charge is 0.497 e. The van der Waals surface area contributed by atoms with Crippen molar-refractivity contribution in [1.82, 2.24) is 20.3 Å². The van der Waals surface area contributed by atoms with Crippen LogP contribution in [0, 0.1) is 11.3 Å². The van der Waals surface area contributed by atoms with Gasteiger partial charge in [-0.2, -0.15) is 4.72 Å². The number of carbonyl (C=O) groups is 2.